The van der Waals surface area contributed by atoms with Gasteiger partial charge < -0.3 is 10.1 Å². The lowest BCUT2D eigenvalue weighted by molar-refractivity contribution is 0.0154. The van der Waals surface area contributed by atoms with Crippen LogP contribution in [0.4, 0.5) is 8.78 Å². The van der Waals surface area contributed by atoms with E-state index < -0.39 is 13.0 Å². The maximum atomic E-state index is 11.8. The van der Waals surface area contributed by atoms with Gasteiger partial charge in [0.15, 0.2) is 0 Å². The van der Waals surface area contributed by atoms with Gasteiger partial charge in [-0.3, -0.25) is 0 Å². The third kappa shape index (κ3) is 10.1. The number of halogens is 2. The van der Waals surface area contributed by atoms with E-state index in [1.165, 1.54) is 5.57 Å². The van der Waals surface area contributed by atoms with Crippen LogP contribution in [0.2, 0.25) is 0 Å². The highest BCUT2D eigenvalue weighted by molar-refractivity contribution is 5.00. The van der Waals surface area contributed by atoms with Gasteiger partial charge in [0.1, 0.15) is 6.61 Å². The van der Waals surface area contributed by atoms with Crippen LogP contribution in [0.1, 0.15) is 33.6 Å². The molecule has 2 nitrogen and oxygen atoms in total. The SMILES string of the molecule is CCCNC(C=C(C)C)CCOCC(F)F. The molecule has 1 atom stereocenters. The Bertz CT molecular complexity index is 191. The number of hydrogen-bond donors (Lipinski definition) is 1. The highest BCUT2D eigenvalue weighted by Crippen LogP contribution is 2.01. The zero-order chi connectivity index (χ0) is 12.4. The Morgan fingerprint density at radius 3 is 2.56 bits per heavy atom. The molecule has 1 unspecified atom stereocenters. The van der Waals surface area contributed by atoms with E-state index in [9.17, 15) is 8.78 Å². The second kappa shape index (κ2) is 9.73. The van der Waals surface area contributed by atoms with Crippen molar-refractivity contribution in [3.63, 3.8) is 0 Å². The lowest BCUT2D eigenvalue weighted by Gasteiger charge is -2.15. The third-order valence-electron chi connectivity index (χ3n) is 2.01. The zero-order valence-electron chi connectivity index (χ0n) is 10.4. The van der Waals surface area contributed by atoms with Crippen LogP contribution in [-0.2, 0) is 4.74 Å². The van der Waals surface area contributed by atoms with Gasteiger partial charge in [-0.15, -0.1) is 0 Å². The molecule has 0 amide bonds. The van der Waals surface area contributed by atoms with Crippen LogP contribution in [-0.4, -0.2) is 32.2 Å². The van der Waals surface area contributed by atoms with Crippen LogP contribution in [0.15, 0.2) is 11.6 Å². The number of ether oxygens (including phenoxy) is 1. The molecule has 0 aliphatic rings. The minimum absolute atomic E-state index is 0.225. The molecular weight excluding hydrogens is 212 g/mol. The summed E-state index contributed by atoms with van der Waals surface area (Å²) >= 11 is 0. The Kier molecular flexibility index (Phi) is 9.43. The molecule has 16 heavy (non-hydrogen) atoms. The van der Waals surface area contributed by atoms with Crippen LogP contribution in [0.5, 0.6) is 0 Å². The predicted molar refractivity (Wildman–Crippen MR) is 63.0 cm³/mol. The molecule has 96 valence electrons. The first kappa shape index (κ1) is 15.5. The van der Waals surface area contributed by atoms with Gasteiger partial charge in [0.05, 0.1) is 0 Å². The predicted octanol–water partition coefficient (Wildman–Crippen LogP) is 2.99. The van der Waals surface area contributed by atoms with E-state index in [4.69, 9.17) is 4.74 Å². The molecule has 1 N–H and O–H groups in total. The summed E-state index contributed by atoms with van der Waals surface area (Å²) in [6, 6.07) is 0.225. The summed E-state index contributed by atoms with van der Waals surface area (Å²) in [5.74, 6) is 0. The first-order valence-corrected chi connectivity index (χ1v) is 5.80. The molecule has 0 aliphatic heterocycles. The van der Waals surface area contributed by atoms with Gasteiger partial charge in [-0.25, -0.2) is 8.78 Å². The number of alkyl halides is 2. The quantitative estimate of drug-likeness (QED) is 0.490. The van der Waals surface area contributed by atoms with Gasteiger partial charge >= 0.3 is 0 Å². The maximum Gasteiger partial charge on any atom is 0.261 e. The largest absolute Gasteiger partial charge is 0.375 e. The van der Waals surface area contributed by atoms with Crippen molar-refractivity contribution in [3.8, 4) is 0 Å². The number of nitrogens with one attached hydrogen (secondary N) is 1. The van der Waals surface area contributed by atoms with Gasteiger partial charge in [-0.1, -0.05) is 18.6 Å². The van der Waals surface area contributed by atoms with E-state index in [2.05, 4.69) is 18.3 Å². The lowest BCUT2D eigenvalue weighted by Crippen LogP contribution is -2.29. The molecule has 0 spiro atoms. The summed E-state index contributed by atoms with van der Waals surface area (Å²) in [6.07, 6.45) is 1.54. The molecule has 0 fully saturated rings. The molecule has 0 aromatic rings. The van der Waals surface area contributed by atoms with Crippen LogP contribution in [0.3, 0.4) is 0 Å². The Balaban J connectivity index is 3.78. The van der Waals surface area contributed by atoms with E-state index >= 15 is 0 Å². The molecule has 0 saturated carbocycles. The van der Waals surface area contributed by atoms with Crippen molar-refractivity contribution >= 4 is 0 Å². The monoisotopic (exact) mass is 235 g/mol. The Labute approximate surface area is 97.1 Å². The van der Waals surface area contributed by atoms with Crippen LogP contribution < -0.4 is 5.32 Å². The second-order valence-electron chi connectivity index (χ2n) is 4.06. The van der Waals surface area contributed by atoms with E-state index in [0.717, 1.165) is 19.4 Å². The number of hydrogen-bond acceptors (Lipinski definition) is 2. The van der Waals surface area contributed by atoms with Gasteiger partial charge in [0, 0.05) is 12.6 Å². The van der Waals surface area contributed by atoms with Crippen molar-refractivity contribution in [2.45, 2.75) is 46.1 Å². The smallest absolute Gasteiger partial charge is 0.261 e. The van der Waals surface area contributed by atoms with Gasteiger partial charge in [-0.2, -0.15) is 0 Å². The molecular formula is C12H23F2NO. The topological polar surface area (TPSA) is 21.3 Å². The fraction of sp³-hybridized carbons (Fsp3) is 0.833. The third-order valence-corrected chi connectivity index (χ3v) is 2.01. The van der Waals surface area contributed by atoms with Crippen molar-refractivity contribution in [2.24, 2.45) is 0 Å². The van der Waals surface area contributed by atoms with E-state index in [1.54, 1.807) is 0 Å². The summed E-state index contributed by atoms with van der Waals surface area (Å²) in [5, 5.41) is 3.34. The van der Waals surface area contributed by atoms with Crippen molar-refractivity contribution in [3.05, 3.63) is 11.6 Å². The average Bonchev–Trinajstić information content (AvgIpc) is 2.19. The zero-order valence-corrected chi connectivity index (χ0v) is 10.4. The Morgan fingerprint density at radius 2 is 2.06 bits per heavy atom. The van der Waals surface area contributed by atoms with E-state index in [1.807, 2.05) is 13.8 Å². The Hall–Kier alpha value is -0.480. The fourth-order valence-corrected chi connectivity index (χ4v) is 1.36. The average molecular weight is 235 g/mol. The molecule has 0 radical (unpaired) electrons. The lowest BCUT2D eigenvalue weighted by atomic mass is 10.1. The summed E-state index contributed by atoms with van der Waals surface area (Å²) in [4.78, 5) is 0. The number of rotatable bonds is 9. The van der Waals surface area contributed by atoms with Crippen molar-refractivity contribution in [1.82, 2.24) is 5.32 Å². The molecule has 0 rings (SSSR count). The molecule has 0 bridgehead atoms. The summed E-state index contributed by atoms with van der Waals surface area (Å²) in [5.41, 5.74) is 1.22. The van der Waals surface area contributed by atoms with E-state index in [0.29, 0.717) is 6.61 Å². The highest BCUT2D eigenvalue weighted by Gasteiger charge is 2.06. The summed E-state index contributed by atoms with van der Waals surface area (Å²) < 4.78 is 28.5. The second-order valence-corrected chi connectivity index (χ2v) is 4.06. The summed E-state index contributed by atoms with van der Waals surface area (Å²) in [6.45, 7) is 7.00. The molecule has 0 saturated heterocycles. The fourth-order valence-electron chi connectivity index (χ4n) is 1.36. The van der Waals surface area contributed by atoms with Crippen LogP contribution in [0, 0.1) is 0 Å². The van der Waals surface area contributed by atoms with Crippen molar-refractivity contribution in [2.75, 3.05) is 19.8 Å². The van der Waals surface area contributed by atoms with Gasteiger partial charge in [0.25, 0.3) is 6.43 Å². The Morgan fingerprint density at radius 1 is 1.38 bits per heavy atom. The first-order valence-electron chi connectivity index (χ1n) is 5.80. The van der Waals surface area contributed by atoms with E-state index in [-0.39, 0.29) is 6.04 Å². The van der Waals surface area contributed by atoms with Crippen LogP contribution in [0.25, 0.3) is 0 Å². The molecule has 0 aliphatic carbocycles. The number of allylic oxidation sites excluding steroid dienone is 1. The van der Waals surface area contributed by atoms with Crippen molar-refractivity contribution in [1.29, 1.82) is 0 Å². The minimum Gasteiger partial charge on any atom is -0.375 e. The van der Waals surface area contributed by atoms with Gasteiger partial charge in [0.2, 0.25) is 0 Å². The molecule has 4 heteroatoms. The highest BCUT2D eigenvalue weighted by atomic mass is 19.3. The molecule has 0 heterocycles. The standard InChI is InChI=1S/C12H23F2NO/c1-4-6-15-11(8-10(2)3)5-7-16-9-12(13)14/h8,11-12,15H,4-7,9H2,1-3H3. The van der Waals surface area contributed by atoms with Crippen LogP contribution >= 0.6 is 0 Å². The molecule has 0 aromatic heterocycles. The summed E-state index contributed by atoms with van der Waals surface area (Å²) in [7, 11) is 0. The van der Waals surface area contributed by atoms with Crippen molar-refractivity contribution < 1.29 is 13.5 Å². The minimum atomic E-state index is -2.37. The maximum absolute atomic E-state index is 11.8. The van der Waals surface area contributed by atoms with Gasteiger partial charge in [-0.05, 0) is 33.2 Å². The molecule has 0 aromatic carbocycles. The first-order chi connectivity index (χ1) is 7.56. The normalized spacial score (nSPS) is 12.9.